The molecule has 2 aliphatic rings. The van der Waals surface area contributed by atoms with Crippen molar-refractivity contribution in [3.05, 3.63) is 35.4 Å². The quantitative estimate of drug-likeness (QED) is 0.844. The van der Waals surface area contributed by atoms with Crippen molar-refractivity contribution in [2.75, 3.05) is 19.7 Å². The maximum absolute atomic E-state index is 12.7. The van der Waals surface area contributed by atoms with Crippen LogP contribution in [-0.4, -0.2) is 41.7 Å². The van der Waals surface area contributed by atoms with E-state index < -0.39 is 0 Å². The maximum atomic E-state index is 12.7. The Morgan fingerprint density at radius 1 is 1.37 bits per heavy atom. The van der Waals surface area contributed by atoms with Gasteiger partial charge in [0, 0.05) is 25.7 Å². The molecule has 2 N–H and O–H groups in total. The summed E-state index contributed by atoms with van der Waals surface area (Å²) in [7, 11) is 0. The zero-order valence-corrected chi connectivity index (χ0v) is 11.0. The van der Waals surface area contributed by atoms with Gasteiger partial charge in [0.2, 0.25) is 5.91 Å². The molecule has 0 saturated heterocycles. The third-order valence-electron chi connectivity index (χ3n) is 4.00. The highest BCUT2D eigenvalue weighted by Crippen LogP contribution is 2.32. The Kier molecular flexibility index (Phi) is 3.53. The summed E-state index contributed by atoms with van der Waals surface area (Å²) in [6.45, 7) is 2.04. The highest BCUT2D eigenvalue weighted by molar-refractivity contribution is 5.85. The molecule has 1 aliphatic carbocycles. The van der Waals surface area contributed by atoms with E-state index in [1.165, 1.54) is 5.56 Å². The summed E-state index contributed by atoms with van der Waals surface area (Å²) in [4.78, 5) is 14.6. The van der Waals surface area contributed by atoms with E-state index in [4.69, 9.17) is 5.11 Å². The van der Waals surface area contributed by atoms with Crippen molar-refractivity contribution in [2.45, 2.75) is 31.3 Å². The predicted octanol–water partition coefficient (Wildman–Crippen LogP) is 0.857. The molecular weight excluding hydrogens is 240 g/mol. The van der Waals surface area contributed by atoms with Crippen molar-refractivity contribution in [1.82, 2.24) is 10.2 Å². The second-order valence-corrected chi connectivity index (χ2v) is 5.37. The minimum absolute atomic E-state index is 0.0457. The van der Waals surface area contributed by atoms with Crippen molar-refractivity contribution in [3.63, 3.8) is 0 Å². The van der Waals surface area contributed by atoms with E-state index in [1.807, 2.05) is 17.0 Å². The van der Waals surface area contributed by atoms with Gasteiger partial charge >= 0.3 is 0 Å². The lowest BCUT2D eigenvalue weighted by Gasteiger charge is -2.31. The van der Waals surface area contributed by atoms with Crippen LogP contribution in [0, 0.1) is 0 Å². The van der Waals surface area contributed by atoms with Gasteiger partial charge in [-0.2, -0.15) is 0 Å². The monoisotopic (exact) mass is 260 g/mol. The lowest BCUT2D eigenvalue weighted by molar-refractivity contribution is -0.134. The molecule has 4 nitrogen and oxygen atoms in total. The number of nitrogens with one attached hydrogen (secondary N) is 1. The summed E-state index contributed by atoms with van der Waals surface area (Å²) < 4.78 is 0. The normalized spacial score (nSPS) is 21.8. The first-order chi connectivity index (χ1) is 9.31. The predicted molar refractivity (Wildman–Crippen MR) is 72.7 cm³/mol. The number of hydrogen-bond donors (Lipinski definition) is 2. The van der Waals surface area contributed by atoms with E-state index in [0.29, 0.717) is 19.1 Å². The molecule has 1 heterocycles. The molecule has 4 heteroatoms. The Balaban J connectivity index is 1.83. The zero-order chi connectivity index (χ0) is 13.2. The first-order valence-electron chi connectivity index (χ1n) is 7.01. The van der Waals surface area contributed by atoms with Gasteiger partial charge in [0.1, 0.15) is 0 Å². The highest BCUT2D eigenvalue weighted by atomic mass is 16.3. The Morgan fingerprint density at radius 2 is 2.16 bits per heavy atom. The fourth-order valence-electron chi connectivity index (χ4n) is 2.88. The van der Waals surface area contributed by atoms with Gasteiger partial charge in [-0.25, -0.2) is 0 Å². The average Bonchev–Trinajstić information content (AvgIpc) is 3.28. The molecule has 1 aromatic carbocycles. The molecule has 1 amide bonds. The topological polar surface area (TPSA) is 52.6 Å². The smallest absolute Gasteiger partial charge is 0.231 e. The number of fused-ring (bicyclic) bond motifs is 1. The lowest BCUT2D eigenvalue weighted by Crippen LogP contribution is -2.43. The van der Waals surface area contributed by atoms with Crippen molar-refractivity contribution in [1.29, 1.82) is 0 Å². The number of benzene rings is 1. The number of rotatable bonds is 4. The Bertz CT molecular complexity index is 471. The summed E-state index contributed by atoms with van der Waals surface area (Å²) in [5, 5.41) is 12.5. The van der Waals surface area contributed by atoms with Crippen molar-refractivity contribution in [3.8, 4) is 0 Å². The second kappa shape index (κ2) is 5.31. The molecule has 1 atom stereocenters. The molecule has 0 spiro atoms. The van der Waals surface area contributed by atoms with Gasteiger partial charge in [0.05, 0.1) is 12.5 Å². The van der Waals surface area contributed by atoms with Crippen LogP contribution in [0.1, 0.15) is 29.9 Å². The minimum atomic E-state index is -0.0999. The van der Waals surface area contributed by atoms with Crippen LogP contribution in [0.4, 0.5) is 0 Å². The molecule has 0 aromatic heterocycles. The van der Waals surface area contributed by atoms with Gasteiger partial charge in [0.15, 0.2) is 0 Å². The third kappa shape index (κ3) is 2.51. The van der Waals surface area contributed by atoms with Crippen molar-refractivity contribution >= 4 is 5.91 Å². The highest BCUT2D eigenvalue weighted by Gasteiger charge is 2.37. The summed E-state index contributed by atoms with van der Waals surface area (Å²) in [5.74, 6) is 0.0632. The molecule has 1 fully saturated rings. The minimum Gasteiger partial charge on any atom is -0.395 e. The van der Waals surface area contributed by atoms with Gasteiger partial charge in [0.25, 0.3) is 0 Å². The molecule has 0 radical (unpaired) electrons. The molecule has 102 valence electrons. The molecule has 19 heavy (non-hydrogen) atoms. The van der Waals surface area contributed by atoms with E-state index >= 15 is 0 Å². The van der Waals surface area contributed by atoms with E-state index in [0.717, 1.165) is 24.9 Å². The number of amides is 1. The van der Waals surface area contributed by atoms with Crippen LogP contribution < -0.4 is 5.32 Å². The number of nitrogens with zero attached hydrogens (tertiary/aromatic N) is 1. The van der Waals surface area contributed by atoms with Gasteiger partial charge < -0.3 is 15.3 Å². The SMILES string of the molecule is O=C(C1CNCc2ccccc21)N(CCO)C1CC1. The van der Waals surface area contributed by atoms with Crippen LogP contribution in [-0.2, 0) is 11.3 Å². The van der Waals surface area contributed by atoms with Crippen LogP contribution >= 0.6 is 0 Å². The third-order valence-corrected chi connectivity index (χ3v) is 4.00. The van der Waals surface area contributed by atoms with Gasteiger partial charge in [-0.1, -0.05) is 24.3 Å². The standard InChI is InChI=1S/C15H20N2O2/c18-8-7-17(12-5-6-12)15(19)14-10-16-9-11-3-1-2-4-13(11)14/h1-4,12,14,16,18H,5-10H2. The summed E-state index contributed by atoms with van der Waals surface area (Å²) in [6.07, 6.45) is 2.15. The molecular formula is C15H20N2O2. The molecule has 1 unspecified atom stereocenters. The van der Waals surface area contributed by atoms with Gasteiger partial charge in [-0.05, 0) is 24.0 Å². The second-order valence-electron chi connectivity index (χ2n) is 5.37. The Labute approximate surface area is 113 Å². The van der Waals surface area contributed by atoms with Crippen LogP contribution in [0.3, 0.4) is 0 Å². The van der Waals surface area contributed by atoms with Crippen molar-refractivity contribution < 1.29 is 9.90 Å². The molecule has 0 bridgehead atoms. The number of carbonyl (C=O) groups excluding carboxylic acids is 1. The lowest BCUT2D eigenvalue weighted by atomic mass is 9.89. The number of carbonyl (C=O) groups is 1. The van der Waals surface area contributed by atoms with Gasteiger partial charge in [-0.3, -0.25) is 4.79 Å². The van der Waals surface area contributed by atoms with Crippen LogP contribution in [0.15, 0.2) is 24.3 Å². The molecule has 3 rings (SSSR count). The molecule has 1 saturated carbocycles. The first kappa shape index (κ1) is 12.6. The largest absolute Gasteiger partial charge is 0.395 e. The van der Waals surface area contributed by atoms with E-state index in [-0.39, 0.29) is 18.4 Å². The van der Waals surface area contributed by atoms with Crippen LogP contribution in [0.5, 0.6) is 0 Å². The number of aliphatic hydroxyl groups excluding tert-OH is 1. The van der Waals surface area contributed by atoms with E-state index in [9.17, 15) is 4.79 Å². The number of hydrogen-bond acceptors (Lipinski definition) is 3. The van der Waals surface area contributed by atoms with Crippen molar-refractivity contribution in [2.24, 2.45) is 0 Å². The van der Waals surface area contributed by atoms with Gasteiger partial charge in [-0.15, -0.1) is 0 Å². The van der Waals surface area contributed by atoms with Crippen LogP contribution in [0.2, 0.25) is 0 Å². The van der Waals surface area contributed by atoms with E-state index in [2.05, 4.69) is 17.4 Å². The Hall–Kier alpha value is -1.39. The number of aliphatic hydroxyl groups is 1. The molecule has 1 aliphatic heterocycles. The van der Waals surface area contributed by atoms with Crippen LogP contribution in [0.25, 0.3) is 0 Å². The zero-order valence-electron chi connectivity index (χ0n) is 11.0. The average molecular weight is 260 g/mol. The fraction of sp³-hybridized carbons (Fsp3) is 0.533. The summed E-state index contributed by atoms with van der Waals surface area (Å²) in [5.41, 5.74) is 2.36. The fourth-order valence-corrected chi connectivity index (χ4v) is 2.88. The summed E-state index contributed by atoms with van der Waals surface area (Å²) in [6, 6.07) is 8.50. The first-order valence-corrected chi connectivity index (χ1v) is 7.01. The molecule has 1 aromatic rings. The van der Waals surface area contributed by atoms with E-state index in [1.54, 1.807) is 0 Å². The maximum Gasteiger partial charge on any atom is 0.231 e. The Morgan fingerprint density at radius 3 is 2.89 bits per heavy atom. The summed E-state index contributed by atoms with van der Waals surface area (Å²) >= 11 is 0.